The van der Waals surface area contributed by atoms with E-state index in [2.05, 4.69) is 10.6 Å². The van der Waals surface area contributed by atoms with Crippen LogP contribution in [0.25, 0.3) is 0 Å². The molecule has 7 nitrogen and oxygen atoms in total. The van der Waals surface area contributed by atoms with E-state index in [0.717, 1.165) is 0 Å². The molecule has 0 atom stereocenters. The first kappa shape index (κ1) is 14.8. The first-order valence-corrected chi connectivity index (χ1v) is 6.53. The molecule has 112 valence electrons. The van der Waals surface area contributed by atoms with Crippen LogP contribution in [-0.4, -0.2) is 37.4 Å². The summed E-state index contributed by atoms with van der Waals surface area (Å²) in [5, 5.41) is 4.99. The second-order valence-corrected chi connectivity index (χ2v) is 5.01. The highest BCUT2D eigenvalue weighted by Crippen LogP contribution is 2.33. The number of hydrogen-bond acceptors (Lipinski definition) is 4. The number of carbonyl (C=O) groups excluding carboxylic acids is 3. The van der Waals surface area contributed by atoms with Gasteiger partial charge in [-0.3, -0.25) is 14.4 Å². The lowest BCUT2D eigenvalue weighted by Gasteiger charge is -2.26. The zero-order chi connectivity index (χ0) is 15.6. The highest BCUT2D eigenvalue weighted by Gasteiger charge is 2.23. The predicted molar refractivity (Wildman–Crippen MR) is 77.3 cm³/mol. The molecule has 1 aliphatic rings. The Hall–Kier alpha value is -2.57. The molecule has 0 aromatic heterocycles. The van der Waals surface area contributed by atoms with E-state index in [-0.39, 0.29) is 18.6 Å². The summed E-state index contributed by atoms with van der Waals surface area (Å²) in [4.78, 5) is 36.3. The lowest BCUT2D eigenvalue weighted by atomic mass is 10.2. The SMILES string of the molecule is CC(C)NC(=O)C(=O)Nc1ccc2c(c1)N(C)C(=O)CO2. The van der Waals surface area contributed by atoms with Crippen molar-refractivity contribution in [3.63, 3.8) is 0 Å². The van der Waals surface area contributed by atoms with E-state index >= 15 is 0 Å². The highest BCUT2D eigenvalue weighted by atomic mass is 16.5. The summed E-state index contributed by atoms with van der Waals surface area (Å²) in [6, 6.07) is 4.73. The standard InChI is InChI=1S/C14H17N3O4/c1-8(2)15-13(19)14(20)16-9-4-5-11-10(6-9)17(3)12(18)7-21-11/h4-6,8H,7H2,1-3H3,(H,15,19)(H,16,20). The van der Waals surface area contributed by atoms with Crippen molar-refractivity contribution in [2.75, 3.05) is 23.9 Å². The smallest absolute Gasteiger partial charge is 0.313 e. The topological polar surface area (TPSA) is 87.7 Å². The number of anilines is 2. The summed E-state index contributed by atoms with van der Waals surface area (Å²) in [5.41, 5.74) is 0.969. The Morgan fingerprint density at radius 3 is 2.67 bits per heavy atom. The van der Waals surface area contributed by atoms with Gasteiger partial charge in [0.15, 0.2) is 6.61 Å². The summed E-state index contributed by atoms with van der Waals surface area (Å²) in [5.74, 6) is -1.08. The Morgan fingerprint density at radius 2 is 2.00 bits per heavy atom. The van der Waals surface area contributed by atoms with E-state index in [1.54, 1.807) is 39.1 Å². The summed E-state index contributed by atoms with van der Waals surface area (Å²) >= 11 is 0. The molecule has 1 heterocycles. The van der Waals surface area contributed by atoms with Crippen molar-refractivity contribution < 1.29 is 19.1 Å². The number of benzene rings is 1. The van der Waals surface area contributed by atoms with Crippen LogP contribution in [0.1, 0.15) is 13.8 Å². The second-order valence-electron chi connectivity index (χ2n) is 5.01. The molecule has 0 spiro atoms. The molecule has 0 unspecified atom stereocenters. The van der Waals surface area contributed by atoms with Gasteiger partial charge in [0.25, 0.3) is 5.91 Å². The molecule has 1 aliphatic heterocycles. The number of likely N-dealkylation sites (N-methyl/N-ethyl adjacent to an activating group) is 1. The Labute approximate surface area is 122 Å². The van der Waals surface area contributed by atoms with Gasteiger partial charge in [0, 0.05) is 18.8 Å². The van der Waals surface area contributed by atoms with Gasteiger partial charge in [0.05, 0.1) is 5.69 Å². The lowest BCUT2D eigenvalue weighted by Crippen LogP contribution is -2.39. The van der Waals surface area contributed by atoms with Crippen LogP contribution in [0.4, 0.5) is 11.4 Å². The fourth-order valence-electron chi connectivity index (χ4n) is 1.87. The molecule has 0 saturated carbocycles. The highest BCUT2D eigenvalue weighted by molar-refractivity contribution is 6.39. The van der Waals surface area contributed by atoms with Gasteiger partial charge in [-0.25, -0.2) is 0 Å². The minimum Gasteiger partial charge on any atom is -0.482 e. The van der Waals surface area contributed by atoms with Crippen LogP contribution in [0.15, 0.2) is 18.2 Å². The van der Waals surface area contributed by atoms with Crippen molar-refractivity contribution in [1.29, 1.82) is 0 Å². The largest absolute Gasteiger partial charge is 0.482 e. The molecule has 7 heteroatoms. The van der Waals surface area contributed by atoms with Crippen LogP contribution in [-0.2, 0) is 14.4 Å². The molecule has 0 fully saturated rings. The zero-order valence-electron chi connectivity index (χ0n) is 12.1. The van der Waals surface area contributed by atoms with Gasteiger partial charge in [0.2, 0.25) is 0 Å². The summed E-state index contributed by atoms with van der Waals surface area (Å²) in [6.45, 7) is 3.52. The number of nitrogens with one attached hydrogen (secondary N) is 2. The maximum absolute atomic E-state index is 11.7. The number of rotatable bonds is 2. The van der Waals surface area contributed by atoms with E-state index in [4.69, 9.17) is 4.74 Å². The Morgan fingerprint density at radius 1 is 1.29 bits per heavy atom. The monoisotopic (exact) mass is 291 g/mol. The molecule has 2 N–H and O–H groups in total. The van der Waals surface area contributed by atoms with Gasteiger partial charge in [0.1, 0.15) is 5.75 Å². The Kier molecular flexibility index (Phi) is 4.11. The molecule has 0 radical (unpaired) electrons. The number of ether oxygens (including phenoxy) is 1. The first-order valence-electron chi connectivity index (χ1n) is 6.53. The maximum atomic E-state index is 11.7. The quantitative estimate of drug-likeness (QED) is 0.777. The third-order valence-electron chi connectivity index (χ3n) is 2.93. The molecule has 0 saturated heterocycles. The van der Waals surface area contributed by atoms with Crippen LogP contribution in [0, 0.1) is 0 Å². The summed E-state index contributed by atoms with van der Waals surface area (Å²) in [6.07, 6.45) is 0. The summed E-state index contributed by atoms with van der Waals surface area (Å²) in [7, 11) is 1.63. The molecular formula is C14H17N3O4. The van der Waals surface area contributed by atoms with Gasteiger partial charge in [-0.1, -0.05) is 0 Å². The molecule has 1 aromatic carbocycles. The van der Waals surface area contributed by atoms with E-state index in [9.17, 15) is 14.4 Å². The fourth-order valence-corrected chi connectivity index (χ4v) is 1.87. The van der Waals surface area contributed by atoms with Crippen molar-refractivity contribution in [1.82, 2.24) is 5.32 Å². The summed E-state index contributed by atoms with van der Waals surface area (Å²) < 4.78 is 5.28. The van der Waals surface area contributed by atoms with E-state index in [1.165, 1.54) is 4.90 Å². The zero-order valence-corrected chi connectivity index (χ0v) is 12.1. The normalized spacial score (nSPS) is 13.5. The molecule has 2 rings (SSSR count). The van der Waals surface area contributed by atoms with Crippen LogP contribution < -0.4 is 20.3 Å². The molecule has 0 bridgehead atoms. The number of hydrogen-bond donors (Lipinski definition) is 2. The van der Waals surface area contributed by atoms with Crippen LogP contribution in [0.3, 0.4) is 0 Å². The van der Waals surface area contributed by atoms with Crippen molar-refractivity contribution >= 4 is 29.1 Å². The lowest BCUT2D eigenvalue weighted by molar-refractivity contribution is -0.136. The van der Waals surface area contributed by atoms with Gasteiger partial charge in [-0.2, -0.15) is 0 Å². The fraction of sp³-hybridized carbons (Fsp3) is 0.357. The Balaban J connectivity index is 2.14. The predicted octanol–water partition coefficient (Wildman–Crippen LogP) is 0.505. The maximum Gasteiger partial charge on any atom is 0.313 e. The van der Waals surface area contributed by atoms with E-state index in [1.807, 2.05) is 0 Å². The number of fused-ring (bicyclic) bond motifs is 1. The van der Waals surface area contributed by atoms with Gasteiger partial charge in [-0.15, -0.1) is 0 Å². The first-order chi connectivity index (χ1) is 9.88. The minimum atomic E-state index is -0.755. The third kappa shape index (κ3) is 3.31. The molecule has 3 amide bonds. The van der Waals surface area contributed by atoms with Crippen LogP contribution >= 0.6 is 0 Å². The van der Waals surface area contributed by atoms with E-state index < -0.39 is 11.8 Å². The molecule has 21 heavy (non-hydrogen) atoms. The van der Waals surface area contributed by atoms with Crippen molar-refractivity contribution in [2.45, 2.75) is 19.9 Å². The van der Waals surface area contributed by atoms with Gasteiger partial charge < -0.3 is 20.3 Å². The van der Waals surface area contributed by atoms with Crippen LogP contribution in [0.2, 0.25) is 0 Å². The van der Waals surface area contributed by atoms with Crippen LogP contribution in [0.5, 0.6) is 5.75 Å². The average molecular weight is 291 g/mol. The van der Waals surface area contributed by atoms with Crippen molar-refractivity contribution in [3.05, 3.63) is 18.2 Å². The third-order valence-corrected chi connectivity index (χ3v) is 2.93. The second kappa shape index (κ2) is 5.82. The molecule has 1 aromatic rings. The van der Waals surface area contributed by atoms with Gasteiger partial charge in [-0.05, 0) is 32.0 Å². The average Bonchev–Trinajstić information content (AvgIpc) is 2.42. The number of amides is 3. The molecular weight excluding hydrogens is 274 g/mol. The molecule has 0 aliphatic carbocycles. The van der Waals surface area contributed by atoms with Gasteiger partial charge >= 0.3 is 11.8 Å². The van der Waals surface area contributed by atoms with E-state index in [0.29, 0.717) is 17.1 Å². The van der Waals surface area contributed by atoms with Crippen molar-refractivity contribution in [3.8, 4) is 5.75 Å². The number of nitrogens with zero attached hydrogens (tertiary/aromatic N) is 1. The number of carbonyl (C=O) groups is 3. The van der Waals surface area contributed by atoms with Crippen molar-refractivity contribution in [2.24, 2.45) is 0 Å². The Bertz CT molecular complexity index is 598. The minimum absolute atomic E-state index is 0.00794.